The van der Waals surface area contributed by atoms with Gasteiger partial charge in [-0.15, -0.1) is 0 Å². The highest BCUT2D eigenvalue weighted by Crippen LogP contribution is 2.30. The SMILES string of the molecule is [N-]=[N+]=NCC#Cc1cc(C(F)(F)F)cnc1Cl. The monoisotopic (exact) mass is 260 g/mol. The Balaban J connectivity index is 3.05. The molecule has 0 saturated carbocycles. The third-order valence-electron chi connectivity index (χ3n) is 1.60. The fourth-order valence-electron chi connectivity index (χ4n) is 0.892. The van der Waals surface area contributed by atoms with E-state index in [-0.39, 0.29) is 17.3 Å². The summed E-state index contributed by atoms with van der Waals surface area (Å²) in [5.74, 6) is 4.71. The molecular weight excluding hydrogens is 257 g/mol. The van der Waals surface area contributed by atoms with Crippen LogP contribution in [0.15, 0.2) is 17.4 Å². The minimum absolute atomic E-state index is 0.0605. The highest BCUT2D eigenvalue weighted by molar-refractivity contribution is 6.30. The fourth-order valence-corrected chi connectivity index (χ4v) is 1.04. The van der Waals surface area contributed by atoms with Gasteiger partial charge in [-0.05, 0) is 11.6 Å². The van der Waals surface area contributed by atoms with Gasteiger partial charge in [0.15, 0.2) is 0 Å². The molecule has 0 bridgehead atoms. The number of pyridine rings is 1. The van der Waals surface area contributed by atoms with Gasteiger partial charge in [0, 0.05) is 11.1 Å². The van der Waals surface area contributed by atoms with Crippen LogP contribution in [-0.4, -0.2) is 11.5 Å². The Morgan fingerprint density at radius 3 is 2.82 bits per heavy atom. The van der Waals surface area contributed by atoms with Crippen LogP contribution in [0.4, 0.5) is 13.2 Å². The number of aromatic nitrogens is 1. The molecule has 0 aliphatic carbocycles. The molecule has 1 heterocycles. The Labute approximate surface area is 99.0 Å². The van der Waals surface area contributed by atoms with Crippen molar-refractivity contribution in [2.75, 3.05) is 6.54 Å². The van der Waals surface area contributed by atoms with Crippen LogP contribution in [0, 0.1) is 11.8 Å². The fraction of sp³-hybridized carbons (Fsp3) is 0.222. The molecule has 0 aliphatic rings. The van der Waals surface area contributed by atoms with E-state index in [9.17, 15) is 13.2 Å². The van der Waals surface area contributed by atoms with Crippen molar-refractivity contribution >= 4 is 11.6 Å². The van der Waals surface area contributed by atoms with E-state index in [2.05, 4.69) is 26.9 Å². The first kappa shape index (κ1) is 13.2. The van der Waals surface area contributed by atoms with Crippen LogP contribution in [0.25, 0.3) is 10.4 Å². The summed E-state index contributed by atoms with van der Waals surface area (Å²) in [7, 11) is 0. The highest BCUT2D eigenvalue weighted by atomic mass is 35.5. The summed E-state index contributed by atoms with van der Waals surface area (Å²) in [4.78, 5) is 5.82. The molecule has 0 amide bonds. The lowest BCUT2D eigenvalue weighted by Gasteiger charge is -2.06. The van der Waals surface area contributed by atoms with Crippen LogP contribution in [0.5, 0.6) is 0 Å². The molecule has 17 heavy (non-hydrogen) atoms. The van der Waals surface area contributed by atoms with Crippen molar-refractivity contribution in [3.63, 3.8) is 0 Å². The number of rotatable bonds is 1. The van der Waals surface area contributed by atoms with E-state index in [0.717, 1.165) is 6.07 Å². The molecular formula is C9H4ClF3N4. The summed E-state index contributed by atoms with van der Waals surface area (Å²) in [6, 6.07) is 0.790. The van der Waals surface area contributed by atoms with Crippen LogP contribution in [0.3, 0.4) is 0 Å². The molecule has 0 N–H and O–H groups in total. The summed E-state index contributed by atoms with van der Waals surface area (Å²) in [6.45, 7) is -0.150. The summed E-state index contributed by atoms with van der Waals surface area (Å²) in [5, 5.41) is 2.98. The first-order valence-corrected chi connectivity index (χ1v) is 4.55. The van der Waals surface area contributed by atoms with Crippen LogP contribution < -0.4 is 0 Å². The Morgan fingerprint density at radius 2 is 2.24 bits per heavy atom. The van der Waals surface area contributed by atoms with Crippen molar-refractivity contribution in [2.45, 2.75) is 6.18 Å². The van der Waals surface area contributed by atoms with E-state index >= 15 is 0 Å². The minimum Gasteiger partial charge on any atom is -0.243 e. The predicted octanol–water partition coefficient (Wildman–Crippen LogP) is 3.42. The molecule has 4 nitrogen and oxygen atoms in total. The normalized spacial score (nSPS) is 10.1. The van der Waals surface area contributed by atoms with Gasteiger partial charge in [0.2, 0.25) is 0 Å². The molecule has 0 aromatic carbocycles. The lowest BCUT2D eigenvalue weighted by molar-refractivity contribution is -0.137. The van der Waals surface area contributed by atoms with Gasteiger partial charge in [-0.25, -0.2) is 4.98 Å². The van der Waals surface area contributed by atoms with Crippen molar-refractivity contribution in [1.82, 2.24) is 4.98 Å². The highest BCUT2D eigenvalue weighted by Gasteiger charge is 2.31. The lowest BCUT2D eigenvalue weighted by Crippen LogP contribution is -2.06. The van der Waals surface area contributed by atoms with Crippen molar-refractivity contribution in [3.8, 4) is 11.8 Å². The number of hydrogen-bond donors (Lipinski definition) is 0. The largest absolute Gasteiger partial charge is 0.417 e. The molecule has 8 heteroatoms. The first-order valence-electron chi connectivity index (χ1n) is 4.17. The van der Waals surface area contributed by atoms with E-state index < -0.39 is 11.7 Å². The molecule has 0 saturated heterocycles. The van der Waals surface area contributed by atoms with E-state index in [1.54, 1.807) is 0 Å². The van der Waals surface area contributed by atoms with Gasteiger partial charge in [0.1, 0.15) is 5.15 Å². The van der Waals surface area contributed by atoms with E-state index in [4.69, 9.17) is 17.1 Å². The molecule has 0 spiro atoms. The van der Waals surface area contributed by atoms with Gasteiger partial charge < -0.3 is 0 Å². The molecule has 0 aliphatic heterocycles. The Morgan fingerprint density at radius 1 is 1.53 bits per heavy atom. The molecule has 0 radical (unpaired) electrons. The van der Waals surface area contributed by atoms with Crippen LogP contribution in [0.2, 0.25) is 5.15 Å². The maximum Gasteiger partial charge on any atom is 0.417 e. The van der Waals surface area contributed by atoms with Crippen LogP contribution >= 0.6 is 11.6 Å². The minimum atomic E-state index is -4.50. The van der Waals surface area contributed by atoms with E-state index in [0.29, 0.717) is 6.20 Å². The zero-order valence-electron chi connectivity index (χ0n) is 8.16. The smallest absolute Gasteiger partial charge is 0.243 e. The van der Waals surface area contributed by atoms with E-state index in [1.165, 1.54) is 0 Å². The first-order chi connectivity index (χ1) is 7.95. The Hall–Kier alpha value is -1.90. The molecule has 88 valence electrons. The maximum absolute atomic E-state index is 12.3. The second kappa shape index (κ2) is 5.43. The molecule has 0 fully saturated rings. The topological polar surface area (TPSA) is 61.7 Å². The van der Waals surface area contributed by atoms with Gasteiger partial charge >= 0.3 is 6.18 Å². The second-order valence-corrected chi connectivity index (χ2v) is 3.11. The molecule has 1 rings (SSSR count). The van der Waals surface area contributed by atoms with Gasteiger partial charge in [-0.2, -0.15) is 13.2 Å². The molecule has 1 aromatic rings. The number of hydrogen-bond acceptors (Lipinski definition) is 2. The van der Waals surface area contributed by atoms with Crippen LogP contribution in [0.1, 0.15) is 11.1 Å². The van der Waals surface area contributed by atoms with Gasteiger partial charge in [-0.3, -0.25) is 0 Å². The summed E-state index contributed by atoms with van der Waals surface area (Å²) in [5.41, 5.74) is 6.98. The van der Waals surface area contributed by atoms with Gasteiger partial charge in [0.25, 0.3) is 0 Å². The lowest BCUT2D eigenvalue weighted by atomic mass is 10.2. The van der Waals surface area contributed by atoms with Gasteiger partial charge in [-0.1, -0.05) is 28.6 Å². The summed E-state index contributed by atoms with van der Waals surface area (Å²) >= 11 is 5.57. The Bertz CT molecular complexity index is 523. The number of alkyl halides is 3. The van der Waals surface area contributed by atoms with Gasteiger partial charge in [0.05, 0.1) is 17.7 Å². The van der Waals surface area contributed by atoms with Crippen LogP contribution in [-0.2, 0) is 6.18 Å². The second-order valence-electron chi connectivity index (χ2n) is 2.75. The third kappa shape index (κ3) is 3.87. The summed E-state index contributed by atoms with van der Waals surface area (Å²) < 4.78 is 37.0. The van der Waals surface area contributed by atoms with Crippen molar-refractivity contribution < 1.29 is 13.2 Å². The van der Waals surface area contributed by atoms with E-state index in [1.807, 2.05) is 0 Å². The van der Waals surface area contributed by atoms with Crippen molar-refractivity contribution in [1.29, 1.82) is 0 Å². The Kier molecular flexibility index (Phi) is 4.21. The average molecular weight is 261 g/mol. The number of halogens is 4. The molecule has 0 unspecified atom stereocenters. The maximum atomic E-state index is 12.3. The molecule has 1 aromatic heterocycles. The quantitative estimate of drug-likeness (QED) is 0.251. The predicted molar refractivity (Wildman–Crippen MR) is 55.1 cm³/mol. The number of nitrogens with zero attached hydrogens (tertiary/aromatic N) is 4. The third-order valence-corrected chi connectivity index (χ3v) is 1.90. The van der Waals surface area contributed by atoms with Crippen molar-refractivity contribution in [2.24, 2.45) is 5.11 Å². The zero-order valence-corrected chi connectivity index (χ0v) is 8.92. The average Bonchev–Trinajstić information content (AvgIpc) is 2.25. The number of azide groups is 1. The molecule has 0 atom stereocenters. The summed E-state index contributed by atoms with van der Waals surface area (Å²) in [6.07, 6.45) is -3.88. The van der Waals surface area contributed by atoms with Crippen molar-refractivity contribution in [3.05, 3.63) is 39.0 Å². The zero-order chi connectivity index (χ0) is 12.9. The standard InChI is InChI=1S/C9H4ClF3N4/c10-8-6(2-1-3-16-17-14)4-7(5-15-8)9(11,12)13/h4-5H,3H2.